The van der Waals surface area contributed by atoms with Crippen LogP contribution >= 0.6 is 11.6 Å². The first kappa shape index (κ1) is 19.9. The zero-order valence-electron chi connectivity index (χ0n) is 14.4. The number of carbonyl (C=O) groups is 1. The number of rotatable bonds is 3. The average Bonchev–Trinajstić information content (AvgIpc) is 2.63. The topological polar surface area (TPSA) is 51.1 Å². The van der Waals surface area contributed by atoms with Gasteiger partial charge in [-0.25, -0.2) is 4.39 Å². The predicted octanol–water partition coefficient (Wildman–Crippen LogP) is 5.09. The molecule has 0 saturated carbocycles. The van der Waals surface area contributed by atoms with Crippen molar-refractivity contribution in [2.45, 2.75) is 19.6 Å². The summed E-state index contributed by atoms with van der Waals surface area (Å²) in [7, 11) is 0. The molecule has 1 heterocycles. The van der Waals surface area contributed by atoms with Crippen LogP contribution in [0.3, 0.4) is 0 Å². The summed E-state index contributed by atoms with van der Waals surface area (Å²) in [5.41, 5.74) is -2.11. The first-order valence-electron chi connectivity index (χ1n) is 8.12. The van der Waals surface area contributed by atoms with Crippen molar-refractivity contribution < 1.29 is 22.4 Å². The number of aryl methyl sites for hydroxylation is 1. The molecule has 0 atom stereocenters. The summed E-state index contributed by atoms with van der Waals surface area (Å²) < 4.78 is 53.6. The average molecular weight is 413 g/mol. The van der Waals surface area contributed by atoms with Crippen LogP contribution in [0.2, 0.25) is 5.02 Å². The number of alkyl halides is 3. The molecule has 0 aliphatic rings. The van der Waals surface area contributed by atoms with Crippen molar-refractivity contribution in [2.24, 2.45) is 0 Å². The van der Waals surface area contributed by atoms with Gasteiger partial charge in [0.05, 0.1) is 11.1 Å². The van der Waals surface area contributed by atoms with Crippen LogP contribution in [0.25, 0.3) is 10.9 Å². The Hall–Kier alpha value is -2.87. The van der Waals surface area contributed by atoms with Crippen molar-refractivity contribution in [3.05, 3.63) is 74.8 Å². The lowest BCUT2D eigenvalue weighted by Crippen LogP contribution is -2.24. The Morgan fingerprint density at radius 1 is 1.18 bits per heavy atom. The molecule has 28 heavy (non-hydrogen) atoms. The van der Waals surface area contributed by atoms with E-state index in [0.717, 1.165) is 6.07 Å². The molecule has 0 aliphatic carbocycles. The standard InChI is InChI=1S/C19H13ClF4N2O2/c1-2-26-9-13(17(27)12-7-10(20)3-6-16(12)26)18(28)25-11-4-5-15(21)14(8-11)19(22,23)24/h3-9H,2H2,1H3,(H,25,28). The van der Waals surface area contributed by atoms with Gasteiger partial charge in [-0.3, -0.25) is 9.59 Å². The highest BCUT2D eigenvalue weighted by atomic mass is 35.5. The van der Waals surface area contributed by atoms with E-state index >= 15 is 0 Å². The highest BCUT2D eigenvalue weighted by Gasteiger charge is 2.34. The van der Waals surface area contributed by atoms with E-state index in [4.69, 9.17) is 11.6 Å². The third-order valence-electron chi connectivity index (χ3n) is 4.16. The summed E-state index contributed by atoms with van der Waals surface area (Å²) in [5, 5.41) is 2.73. The van der Waals surface area contributed by atoms with E-state index in [0.29, 0.717) is 29.2 Å². The number of amides is 1. The summed E-state index contributed by atoms with van der Waals surface area (Å²) in [5.74, 6) is -2.37. The highest BCUT2D eigenvalue weighted by Crippen LogP contribution is 2.33. The van der Waals surface area contributed by atoms with Gasteiger partial charge in [0, 0.05) is 28.8 Å². The molecule has 146 valence electrons. The van der Waals surface area contributed by atoms with Gasteiger partial charge in [0.15, 0.2) is 0 Å². The summed E-state index contributed by atoms with van der Waals surface area (Å²) in [6.07, 6.45) is -3.60. The Bertz CT molecular complexity index is 1140. The lowest BCUT2D eigenvalue weighted by molar-refractivity contribution is -0.139. The van der Waals surface area contributed by atoms with Gasteiger partial charge in [0.2, 0.25) is 5.43 Å². The molecule has 9 heteroatoms. The van der Waals surface area contributed by atoms with Crippen LogP contribution in [0.5, 0.6) is 0 Å². The van der Waals surface area contributed by atoms with E-state index in [2.05, 4.69) is 5.32 Å². The van der Waals surface area contributed by atoms with Gasteiger partial charge in [-0.1, -0.05) is 11.6 Å². The van der Waals surface area contributed by atoms with Gasteiger partial charge in [-0.05, 0) is 43.3 Å². The molecule has 1 aromatic heterocycles. The van der Waals surface area contributed by atoms with E-state index in [1.54, 1.807) is 23.6 Å². The highest BCUT2D eigenvalue weighted by molar-refractivity contribution is 6.31. The number of anilines is 1. The first-order chi connectivity index (χ1) is 13.1. The number of nitrogens with one attached hydrogen (secondary N) is 1. The number of fused-ring (bicyclic) bond motifs is 1. The molecule has 2 aromatic carbocycles. The van der Waals surface area contributed by atoms with Crippen molar-refractivity contribution in [1.29, 1.82) is 0 Å². The van der Waals surface area contributed by atoms with Crippen LogP contribution in [0.4, 0.5) is 23.2 Å². The van der Waals surface area contributed by atoms with Crippen LogP contribution in [0.1, 0.15) is 22.8 Å². The van der Waals surface area contributed by atoms with Crippen LogP contribution in [-0.2, 0) is 12.7 Å². The largest absolute Gasteiger partial charge is 0.419 e. The fraction of sp³-hybridized carbons (Fsp3) is 0.158. The fourth-order valence-electron chi connectivity index (χ4n) is 2.81. The predicted molar refractivity (Wildman–Crippen MR) is 98.2 cm³/mol. The Labute approximate surface area is 161 Å². The molecule has 1 N–H and O–H groups in total. The summed E-state index contributed by atoms with van der Waals surface area (Å²) >= 11 is 5.93. The van der Waals surface area contributed by atoms with Gasteiger partial charge in [-0.2, -0.15) is 13.2 Å². The maximum Gasteiger partial charge on any atom is 0.419 e. The van der Waals surface area contributed by atoms with Crippen molar-refractivity contribution in [3.8, 4) is 0 Å². The van der Waals surface area contributed by atoms with E-state index < -0.39 is 28.9 Å². The quantitative estimate of drug-likeness (QED) is 0.609. The zero-order chi connectivity index (χ0) is 20.6. The minimum atomic E-state index is -4.92. The summed E-state index contributed by atoms with van der Waals surface area (Å²) in [6.45, 7) is 2.24. The minimum Gasteiger partial charge on any atom is -0.347 e. The smallest absolute Gasteiger partial charge is 0.347 e. The van der Waals surface area contributed by atoms with E-state index in [-0.39, 0.29) is 16.6 Å². The molecule has 0 unspecified atom stereocenters. The lowest BCUT2D eigenvalue weighted by atomic mass is 10.1. The minimum absolute atomic E-state index is 0.206. The van der Waals surface area contributed by atoms with Gasteiger partial charge in [0.25, 0.3) is 5.91 Å². The number of pyridine rings is 1. The Morgan fingerprint density at radius 3 is 2.54 bits per heavy atom. The molecule has 4 nitrogen and oxygen atoms in total. The van der Waals surface area contributed by atoms with Gasteiger partial charge < -0.3 is 9.88 Å². The van der Waals surface area contributed by atoms with Crippen molar-refractivity contribution >= 4 is 34.1 Å². The van der Waals surface area contributed by atoms with Gasteiger partial charge in [-0.15, -0.1) is 0 Å². The SMILES string of the molecule is CCn1cc(C(=O)Nc2ccc(F)c(C(F)(F)F)c2)c(=O)c2cc(Cl)ccc21. The Morgan fingerprint density at radius 2 is 1.89 bits per heavy atom. The maximum absolute atomic E-state index is 13.4. The first-order valence-corrected chi connectivity index (χ1v) is 8.50. The number of hydrogen-bond acceptors (Lipinski definition) is 2. The molecule has 1 amide bonds. The number of nitrogens with zero attached hydrogens (tertiary/aromatic N) is 1. The molecule has 0 saturated heterocycles. The van der Waals surface area contributed by atoms with Gasteiger partial charge in [0.1, 0.15) is 11.4 Å². The second-order valence-electron chi connectivity index (χ2n) is 5.97. The molecule has 0 spiro atoms. The number of carbonyl (C=O) groups excluding carboxylic acids is 1. The summed E-state index contributed by atoms with van der Waals surface area (Å²) in [4.78, 5) is 25.2. The second-order valence-corrected chi connectivity index (χ2v) is 6.40. The Kier molecular flexibility index (Phi) is 5.16. The number of benzene rings is 2. The second kappa shape index (κ2) is 7.27. The van der Waals surface area contributed by atoms with Crippen molar-refractivity contribution in [2.75, 3.05) is 5.32 Å². The molecular formula is C19H13ClF4N2O2. The van der Waals surface area contributed by atoms with Crippen LogP contribution in [-0.4, -0.2) is 10.5 Å². The van der Waals surface area contributed by atoms with Gasteiger partial charge >= 0.3 is 6.18 Å². The molecule has 0 bridgehead atoms. The van der Waals surface area contributed by atoms with E-state index in [1.807, 2.05) is 0 Å². The third-order valence-corrected chi connectivity index (χ3v) is 4.39. The monoisotopic (exact) mass is 412 g/mol. The van der Waals surface area contributed by atoms with Crippen molar-refractivity contribution in [3.63, 3.8) is 0 Å². The van der Waals surface area contributed by atoms with Crippen LogP contribution < -0.4 is 10.7 Å². The number of aromatic nitrogens is 1. The number of hydrogen-bond donors (Lipinski definition) is 1. The molecule has 3 aromatic rings. The number of halogens is 5. The molecule has 3 rings (SSSR count). The molecule has 0 radical (unpaired) electrons. The molecule has 0 fully saturated rings. The van der Waals surface area contributed by atoms with Crippen LogP contribution in [0, 0.1) is 5.82 Å². The summed E-state index contributed by atoms with van der Waals surface area (Å²) in [6, 6.07) is 6.72. The third kappa shape index (κ3) is 3.73. The maximum atomic E-state index is 13.4. The van der Waals surface area contributed by atoms with E-state index in [9.17, 15) is 27.2 Å². The normalized spacial score (nSPS) is 11.6. The zero-order valence-corrected chi connectivity index (χ0v) is 15.2. The van der Waals surface area contributed by atoms with Crippen LogP contribution in [0.15, 0.2) is 47.4 Å². The molecule has 0 aliphatic heterocycles. The Balaban J connectivity index is 2.05. The van der Waals surface area contributed by atoms with E-state index in [1.165, 1.54) is 12.3 Å². The fourth-order valence-corrected chi connectivity index (χ4v) is 2.98. The lowest BCUT2D eigenvalue weighted by Gasteiger charge is -2.13. The van der Waals surface area contributed by atoms with Crippen molar-refractivity contribution in [1.82, 2.24) is 4.57 Å². The molecular weight excluding hydrogens is 400 g/mol.